The van der Waals surface area contributed by atoms with E-state index in [2.05, 4.69) is 4.90 Å². The molecule has 0 aliphatic carbocycles. The molecule has 0 bridgehead atoms. The Labute approximate surface area is 171 Å². The molecular formula is C19H23N5O6. The number of rotatable bonds is 6. The van der Waals surface area contributed by atoms with Crippen molar-refractivity contribution in [3.8, 4) is 0 Å². The Morgan fingerprint density at radius 2 is 1.70 bits per heavy atom. The number of ether oxygens (including phenoxy) is 1. The predicted molar refractivity (Wildman–Crippen MR) is 109 cm³/mol. The Kier molecular flexibility index (Phi) is 6.31. The van der Waals surface area contributed by atoms with Crippen LogP contribution in [0.5, 0.6) is 0 Å². The summed E-state index contributed by atoms with van der Waals surface area (Å²) in [6.45, 7) is 3.40. The van der Waals surface area contributed by atoms with Gasteiger partial charge >= 0.3 is 11.7 Å². The standard InChI is InChI=1S/C19H23N5O6/c1-20-16(13-17(25)21(2)19(20)27)23-9-7-22(8-10-23)11-12-30-18(26)14-3-5-15(6-4-14)24(28)29/h3-6,13H,7-12H2,1-2H3. The highest BCUT2D eigenvalue weighted by Crippen LogP contribution is 2.14. The first-order valence-electron chi connectivity index (χ1n) is 9.44. The van der Waals surface area contributed by atoms with Crippen molar-refractivity contribution >= 4 is 17.5 Å². The van der Waals surface area contributed by atoms with Crippen molar-refractivity contribution in [1.29, 1.82) is 0 Å². The number of nitro groups is 1. The smallest absolute Gasteiger partial charge is 0.338 e. The molecular weight excluding hydrogens is 394 g/mol. The lowest BCUT2D eigenvalue weighted by molar-refractivity contribution is -0.384. The molecule has 1 fully saturated rings. The Morgan fingerprint density at radius 3 is 2.30 bits per heavy atom. The number of hydrogen-bond acceptors (Lipinski definition) is 8. The lowest BCUT2D eigenvalue weighted by Gasteiger charge is -2.36. The third-order valence-corrected chi connectivity index (χ3v) is 5.15. The zero-order valence-electron chi connectivity index (χ0n) is 16.8. The number of non-ortho nitro benzene ring substituents is 1. The Bertz CT molecular complexity index is 1050. The molecule has 2 heterocycles. The van der Waals surface area contributed by atoms with Crippen LogP contribution in [0.1, 0.15) is 10.4 Å². The summed E-state index contributed by atoms with van der Waals surface area (Å²) < 4.78 is 7.78. The topological polar surface area (TPSA) is 120 Å². The van der Waals surface area contributed by atoms with Gasteiger partial charge in [-0.25, -0.2) is 9.59 Å². The SMILES string of the molecule is Cn1c(N2CCN(CCOC(=O)c3ccc([N+](=O)[O-])cc3)CC2)cc(=O)n(C)c1=O. The van der Waals surface area contributed by atoms with Crippen LogP contribution in [-0.2, 0) is 18.8 Å². The third-order valence-electron chi connectivity index (χ3n) is 5.15. The molecule has 0 amide bonds. The van der Waals surface area contributed by atoms with Crippen LogP contribution in [0.25, 0.3) is 0 Å². The monoisotopic (exact) mass is 417 g/mol. The summed E-state index contributed by atoms with van der Waals surface area (Å²) in [4.78, 5) is 50.3. The Hall–Kier alpha value is -3.47. The van der Waals surface area contributed by atoms with E-state index in [9.17, 15) is 24.5 Å². The summed E-state index contributed by atoms with van der Waals surface area (Å²) in [5.74, 6) is 0.0611. The van der Waals surface area contributed by atoms with Gasteiger partial charge in [0.25, 0.3) is 11.2 Å². The molecule has 0 N–H and O–H groups in total. The highest BCUT2D eigenvalue weighted by Gasteiger charge is 2.20. The maximum Gasteiger partial charge on any atom is 0.338 e. The van der Waals surface area contributed by atoms with Crippen molar-refractivity contribution < 1.29 is 14.5 Å². The molecule has 0 spiro atoms. The zero-order valence-corrected chi connectivity index (χ0v) is 16.8. The first kappa shape index (κ1) is 21.2. The van der Waals surface area contributed by atoms with E-state index >= 15 is 0 Å². The summed E-state index contributed by atoms with van der Waals surface area (Å²) in [6.07, 6.45) is 0. The van der Waals surface area contributed by atoms with Gasteiger partial charge in [0.1, 0.15) is 12.4 Å². The van der Waals surface area contributed by atoms with Crippen molar-refractivity contribution in [2.45, 2.75) is 0 Å². The van der Waals surface area contributed by atoms with Gasteiger partial charge in [-0.15, -0.1) is 0 Å². The van der Waals surface area contributed by atoms with E-state index in [4.69, 9.17) is 4.74 Å². The minimum Gasteiger partial charge on any atom is -0.461 e. The maximum absolute atomic E-state index is 12.1. The molecule has 3 rings (SSSR count). The first-order valence-corrected chi connectivity index (χ1v) is 9.44. The lowest BCUT2D eigenvalue weighted by Crippen LogP contribution is -2.50. The molecule has 2 aromatic rings. The molecule has 1 aromatic carbocycles. The fourth-order valence-electron chi connectivity index (χ4n) is 3.30. The third kappa shape index (κ3) is 4.57. The number of piperazine rings is 1. The molecule has 1 aliphatic heterocycles. The largest absolute Gasteiger partial charge is 0.461 e. The van der Waals surface area contributed by atoms with Gasteiger partial charge in [-0.1, -0.05) is 0 Å². The maximum atomic E-state index is 12.1. The number of aromatic nitrogens is 2. The van der Waals surface area contributed by atoms with Crippen LogP contribution in [0.15, 0.2) is 39.9 Å². The molecule has 11 nitrogen and oxygen atoms in total. The van der Waals surface area contributed by atoms with Crippen LogP contribution in [0.4, 0.5) is 11.5 Å². The van der Waals surface area contributed by atoms with Crippen LogP contribution < -0.4 is 16.1 Å². The van der Waals surface area contributed by atoms with Crippen molar-refractivity contribution in [2.75, 3.05) is 44.2 Å². The number of carbonyl (C=O) groups excluding carboxylic acids is 1. The van der Waals surface area contributed by atoms with Crippen LogP contribution in [-0.4, -0.2) is 64.3 Å². The highest BCUT2D eigenvalue weighted by molar-refractivity contribution is 5.89. The minimum atomic E-state index is -0.529. The van der Waals surface area contributed by atoms with Crippen LogP contribution in [0.2, 0.25) is 0 Å². The molecule has 0 radical (unpaired) electrons. The Balaban J connectivity index is 1.48. The molecule has 30 heavy (non-hydrogen) atoms. The van der Waals surface area contributed by atoms with E-state index in [0.29, 0.717) is 38.5 Å². The van der Waals surface area contributed by atoms with Crippen LogP contribution >= 0.6 is 0 Å². The summed E-state index contributed by atoms with van der Waals surface area (Å²) in [5.41, 5.74) is -0.526. The summed E-state index contributed by atoms with van der Waals surface area (Å²) in [7, 11) is 3.09. The quantitative estimate of drug-likeness (QED) is 0.365. The number of nitro benzene ring substituents is 1. The minimum absolute atomic E-state index is 0.0850. The number of hydrogen-bond donors (Lipinski definition) is 0. The van der Waals surface area contributed by atoms with Crippen molar-refractivity contribution in [3.63, 3.8) is 0 Å². The van der Waals surface area contributed by atoms with Gasteiger partial charge in [-0.3, -0.25) is 28.9 Å². The number of nitrogens with zero attached hydrogens (tertiary/aromatic N) is 5. The average Bonchev–Trinajstić information content (AvgIpc) is 2.75. The van der Waals surface area contributed by atoms with E-state index < -0.39 is 10.9 Å². The molecule has 11 heteroatoms. The second-order valence-electron chi connectivity index (χ2n) is 7.01. The number of benzene rings is 1. The Morgan fingerprint density at radius 1 is 1.07 bits per heavy atom. The van der Waals surface area contributed by atoms with Crippen molar-refractivity contribution in [2.24, 2.45) is 14.1 Å². The molecule has 1 aromatic heterocycles. The number of anilines is 1. The second-order valence-corrected chi connectivity index (χ2v) is 7.01. The van der Waals surface area contributed by atoms with Gasteiger partial charge in [0, 0.05) is 65.0 Å². The van der Waals surface area contributed by atoms with Crippen LogP contribution in [0, 0.1) is 10.1 Å². The molecule has 0 unspecified atom stereocenters. The second kappa shape index (κ2) is 8.91. The van der Waals surface area contributed by atoms with Gasteiger partial charge in [0.05, 0.1) is 10.5 Å². The van der Waals surface area contributed by atoms with E-state index in [1.807, 2.05) is 4.90 Å². The molecule has 160 valence electrons. The molecule has 1 saturated heterocycles. The lowest BCUT2D eigenvalue weighted by atomic mass is 10.2. The summed E-state index contributed by atoms with van der Waals surface area (Å²) in [6, 6.07) is 6.73. The predicted octanol–water partition coefficient (Wildman–Crippen LogP) is -0.0288. The van der Waals surface area contributed by atoms with E-state index in [1.165, 1.54) is 41.9 Å². The number of carbonyl (C=O) groups is 1. The molecule has 0 saturated carbocycles. The average molecular weight is 417 g/mol. The van der Waals surface area contributed by atoms with Gasteiger partial charge in [-0.05, 0) is 12.1 Å². The van der Waals surface area contributed by atoms with E-state index in [1.54, 1.807) is 7.05 Å². The van der Waals surface area contributed by atoms with Gasteiger partial charge in [-0.2, -0.15) is 0 Å². The molecule has 1 aliphatic rings. The fraction of sp³-hybridized carbons (Fsp3) is 0.421. The molecule has 0 atom stereocenters. The van der Waals surface area contributed by atoms with Crippen molar-refractivity contribution in [3.05, 3.63) is 66.8 Å². The van der Waals surface area contributed by atoms with Gasteiger partial charge < -0.3 is 9.64 Å². The normalized spacial score (nSPS) is 14.5. The first-order chi connectivity index (χ1) is 14.3. The summed E-state index contributed by atoms with van der Waals surface area (Å²) in [5, 5.41) is 10.7. The van der Waals surface area contributed by atoms with Crippen molar-refractivity contribution in [1.82, 2.24) is 14.0 Å². The summed E-state index contributed by atoms with van der Waals surface area (Å²) >= 11 is 0. The highest BCUT2D eigenvalue weighted by atomic mass is 16.6. The fourth-order valence-corrected chi connectivity index (χ4v) is 3.30. The van der Waals surface area contributed by atoms with Gasteiger partial charge in [0.2, 0.25) is 0 Å². The zero-order chi connectivity index (χ0) is 21.8. The van der Waals surface area contributed by atoms with Gasteiger partial charge in [0.15, 0.2) is 0 Å². The van der Waals surface area contributed by atoms with E-state index in [-0.39, 0.29) is 29.1 Å². The number of esters is 1. The van der Waals surface area contributed by atoms with E-state index in [0.717, 1.165) is 4.57 Å². The van der Waals surface area contributed by atoms with Crippen LogP contribution in [0.3, 0.4) is 0 Å².